The van der Waals surface area contributed by atoms with E-state index in [0.717, 1.165) is 11.1 Å². The highest BCUT2D eigenvalue weighted by atomic mass is 32.2. The Labute approximate surface area is 140 Å². The standard InChI is InChI=1S/C17H19F2NO3S/c1-10-8-11(2)13(4)16(12(10)3)24(21,22)20-14-6-5-7-15(9-14)23-17(18)19/h5-9,17,20H,1-4H3. The molecule has 130 valence electrons. The number of ether oxygens (including phenoxy) is 1. The average Bonchev–Trinajstić information content (AvgIpc) is 2.44. The lowest BCUT2D eigenvalue weighted by Crippen LogP contribution is -2.17. The first kappa shape index (κ1) is 18.2. The van der Waals surface area contributed by atoms with Gasteiger partial charge in [-0.15, -0.1) is 0 Å². The lowest BCUT2D eigenvalue weighted by Gasteiger charge is -2.17. The maximum Gasteiger partial charge on any atom is 0.387 e. The monoisotopic (exact) mass is 355 g/mol. The molecule has 0 aliphatic heterocycles. The van der Waals surface area contributed by atoms with Gasteiger partial charge in [-0.2, -0.15) is 8.78 Å². The van der Waals surface area contributed by atoms with Crippen LogP contribution < -0.4 is 9.46 Å². The number of halogens is 2. The number of nitrogens with one attached hydrogen (secondary N) is 1. The van der Waals surface area contributed by atoms with Crippen LogP contribution in [-0.4, -0.2) is 15.0 Å². The van der Waals surface area contributed by atoms with E-state index in [0.29, 0.717) is 11.1 Å². The Bertz CT molecular complexity index is 838. The average molecular weight is 355 g/mol. The molecule has 0 unspecified atom stereocenters. The van der Waals surface area contributed by atoms with Crippen LogP contribution >= 0.6 is 0 Å². The number of benzene rings is 2. The molecule has 0 aliphatic rings. The highest BCUT2D eigenvalue weighted by Crippen LogP contribution is 2.28. The van der Waals surface area contributed by atoms with Crippen molar-refractivity contribution >= 4 is 15.7 Å². The maximum absolute atomic E-state index is 12.8. The van der Waals surface area contributed by atoms with Crippen molar-refractivity contribution in [1.29, 1.82) is 0 Å². The molecule has 0 atom stereocenters. The van der Waals surface area contributed by atoms with Gasteiger partial charge in [-0.3, -0.25) is 4.72 Å². The van der Waals surface area contributed by atoms with Crippen LogP contribution in [0.2, 0.25) is 0 Å². The summed E-state index contributed by atoms with van der Waals surface area (Å²) in [5.74, 6) is -0.112. The molecule has 2 rings (SSSR count). The minimum absolute atomic E-state index is 0.112. The van der Waals surface area contributed by atoms with Crippen molar-refractivity contribution in [2.45, 2.75) is 39.2 Å². The van der Waals surface area contributed by atoms with Gasteiger partial charge in [-0.25, -0.2) is 8.42 Å². The van der Waals surface area contributed by atoms with Crippen LogP contribution in [0.25, 0.3) is 0 Å². The number of alkyl halides is 2. The van der Waals surface area contributed by atoms with Crippen molar-refractivity contribution in [2.75, 3.05) is 4.72 Å². The third-order valence-corrected chi connectivity index (χ3v) is 5.53. The van der Waals surface area contributed by atoms with Crippen molar-refractivity contribution in [3.05, 3.63) is 52.6 Å². The number of aryl methyl sites for hydroxylation is 2. The first-order valence-electron chi connectivity index (χ1n) is 7.27. The molecule has 0 radical (unpaired) electrons. The van der Waals surface area contributed by atoms with Gasteiger partial charge in [0, 0.05) is 6.07 Å². The Morgan fingerprint density at radius 1 is 1.00 bits per heavy atom. The number of rotatable bonds is 5. The van der Waals surface area contributed by atoms with Crippen molar-refractivity contribution in [3.8, 4) is 5.75 Å². The summed E-state index contributed by atoms with van der Waals surface area (Å²) in [5, 5.41) is 0. The van der Waals surface area contributed by atoms with Crippen LogP contribution in [0.3, 0.4) is 0 Å². The zero-order valence-electron chi connectivity index (χ0n) is 13.9. The fraction of sp³-hybridized carbons (Fsp3) is 0.294. The van der Waals surface area contributed by atoms with Crippen molar-refractivity contribution in [1.82, 2.24) is 0 Å². The Hall–Kier alpha value is -2.15. The van der Waals surface area contributed by atoms with E-state index in [2.05, 4.69) is 9.46 Å². The Balaban J connectivity index is 2.43. The lowest BCUT2D eigenvalue weighted by atomic mass is 10.0. The second kappa shape index (κ2) is 6.76. The molecule has 0 aliphatic carbocycles. The molecular weight excluding hydrogens is 336 g/mol. The molecule has 7 heteroatoms. The zero-order chi connectivity index (χ0) is 18.1. The molecule has 0 saturated carbocycles. The molecule has 0 saturated heterocycles. The van der Waals surface area contributed by atoms with Crippen molar-refractivity contribution < 1.29 is 21.9 Å². The number of sulfonamides is 1. The summed E-state index contributed by atoms with van der Waals surface area (Å²) in [6, 6.07) is 7.40. The van der Waals surface area contributed by atoms with Crippen LogP contribution in [0.4, 0.5) is 14.5 Å². The van der Waals surface area contributed by atoms with Gasteiger partial charge in [0.1, 0.15) is 5.75 Å². The summed E-state index contributed by atoms with van der Waals surface area (Å²) in [6.07, 6.45) is 0. The number of hydrogen-bond acceptors (Lipinski definition) is 3. The molecule has 0 aromatic heterocycles. The van der Waals surface area contributed by atoms with E-state index in [1.54, 1.807) is 13.8 Å². The van der Waals surface area contributed by atoms with Gasteiger partial charge < -0.3 is 4.74 Å². The maximum atomic E-state index is 12.8. The molecule has 0 fully saturated rings. The summed E-state index contributed by atoms with van der Waals surface area (Å²) in [4.78, 5) is 0.209. The van der Waals surface area contributed by atoms with Gasteiger partial charge in [0.25, 0.3) is 10.0 Å². The SMILES string of the molecule is Cc1cc(C)c(C)c(S(=O)(=O)Nc2cccc(OC(F)F)c2)c1C. The van der Waals surface area contributed by atoms with Gasteiger partial charge >= 0.3 is 6.61 Å². The molecule has 1 N–H and O–H groups in total. The minimum Gasteiger partial charge on any atom is -0.435 e. The normalized spacial score (nSPS) is 11.6. The summed E-state index contributed by atoms with van der Waals surface area (Å²) < 4.78 is 56.9. The first-order chi connectivity index (χ1) is 11.1. The number of anilines is 1. The number of hydrogen-bond donors (Lipinski definition) is 1. The van der Waals surface area contributed by atoms with E-state index in [-0.39, 0.29) is 16.3 Å². The predicted octanol–water partition coefficient (Wildman–Crippen LogP) is 4.32. The van der Waals surface area contributed by atoms with Crippen LogP contribution in [0, 0.1) is 27.7 Å². The third kappa shape index (κ3) is 3.84. The first-order valence-corrected chi connectivity index (χ1v) is 8.75. The highest BCUT2D eigenvalue weighted by Gasteiger charge is 2.22. The molecule has 0 spiro atoms. The van der Waals surface area contributed by atoms with Gasteiger partial charge in [-0.1, -0.05) is 12.1 Å². The Morgan fingerprint density at radius 3 is 2.12 bits per heavy atom. The largest absolute Gasteiger partial charge is 0.435 e. The van der Waals surface area contributed by atoms with E-state index in [9.17, 15) is 17.2 Å². The van der Waals surface area contributed by atoms with Crippen LogP contribution in [0.5, 0.6) is 5.75 Å². The fourth-order valence-electron chi connectivity index (χ4n) is 2.53. The van der Waals surface area contributed by atoms with E-state index < -0.39 is 16.6 Å². The Morgan fingerprint density at radius 2 is 1.58 bits per heavy atom. The van der Waals surface area contributed by atoms with Crippen molar-refractivity contribution in [3.63, 3.8) is 0 Å². The van der Waals surface area contributed by atoms with E-state index in [1.807, 2.05) is 19.9 Å². The summed E-state index contributed by atoms with van der Waals surface area (Å²) in [6.45, 7) is 4.20. The lowest BCUT2D eigenvalue weighted by molar-refractivity contribution is -0.0497. The second-order valence-corrected chi connectivity index (χ2v) is 7.22. The summed E-state index contributed by atoms with van der Waals surface area (Å²) in [7, 11) is -3.86. The summed E-state index contributed by atoms with van der Waals surface area (Å²) in [5.41, 5.74) is 3.21. The zero-order valence-corrected chi connectivity index (χ0v) is 14.7. The quantitative estimate of drug-likeness (QED) is 0.869. The Kier molecular flexibility index (Phi) is 5.13. The third-order valence-electron chi connectivity index (χ3n) is 3.88. The molecule has 2 aromatic carbocycles. The van der Waals surface area contributed by atoms with Crippen LogP contribution in [-0.2, 0) is 10.0 Å². The van der Waals surface area contributed by atoms with Gasteiger partial charge in [-0.05, 0) is 62.1 Å². The molecule has 0 amide bonds. The highest BCUT2D eigenvalue weighted by molar-refractivity contribution is 7.92. The van der Waals surface area contributed by atoms with Gasteiger partial charge in [0.15, 0.2) is 0 Å². The molecule has 0 bridgehead atoms. The van der Waals surface area contributed by atoms with Crippen LogP contribution in [0.1, 0.15) is 22.3 Å². The molecule has 0 heterocycles. The molecule has 2 aromatic rings. The smallest absolute Gasteiger partial charge is 0.387 e. The van der Waals surface area contributed by atoms with E-state index >= 15 is 0 Å². The van der Waals surface area contributed by atoms with Gasteiger partial charge in [0.05, 0.1) is 10.6 Å². The van der Waals surface area contributed by atoms with Crippen LogP contribution in [0.15, 0.2) is 35.2 Å². The molecule has 4 nitrogen and oxygen atoms in total. The van der Waals surface area contributed by atoms with E-state index in [1.165, 1.54) is 24.3 Å². The topological polar surface area (TPSA) is 55.4 Å². The van der Waals surface area contributed by atoms with E-state index in [4.69, 9.17) is 0 Å². The molecule has 24 heavy (non-hydrogen) atoms. The minimum atomic E-state index is -3.86. The fourth-order valence-corrected chi connectivity index (χ4v) is 4.19. The van der Waals surface area contributed by atoms with Crippen molar-refractivity contribution in [2.24, 2.45) is 0 Å². The second-order valence-electron chi connectivity index (χ2n) is 5.60. The molecular formula is C17H19F2NO3S. The van der Waals surface area contributed by atoms with Gasteiger partial charge in [0.2, 0.25) is 0 Å². The predicted molar refractivity (Wildman–Crippen MR) is 89.3 cm³/mol. The summed E-state index contributed by atoms with van der Waals surface area (Å²) >= 11 is 0.